The van der Waals surface area contributed by atoms with E-state index in [0.29, 0.717) is 24.2 Å². The van der Waals surface area contributed by atoms with Crippen LogP contribution in [0.5, 0.6) is 0 Å². The van der Waals surface area contributed by atoms with Crippen LogP contribution < -0.4 is 0 Å². The van der Waals surface area contributed by atoms with E-state index in [4.69, 9.17) is 4.98 Å². The molecular weight excluding hydrogens is 542 g/mol. The molecule has 1 aliphatic carbocycles. The van der Waals surface area contributed by atoms with Gasteiger partial charge in [0.05, 0.1) is 23.6 Å². The average molecular weight is 578 g/mol. The molecule has 0 fully saturated rings. The van der Waals surface area contributed by atoms with Gasteiger partial charge in [0.1, 0.15) is 11.6 Å². The Balaban J connectivity index is 1.37. The molecule has 0 bridgehead atoms. The van der Waals surface area contributed by atoms with Crippen molar-refractivity contribution in [3.8, 4) is 0 Å². The fraction of sp³-hybridized carbons (Fsp3) is 0.179. The van der Waals surface area contributed by atoms with Crippen LogP contribution in [-0.2, 0) is 18.4 Å². The van der Waals surface area contributed by atoms with Gasteiger partial charge in [-0.1, -0.05) is 103 Å². The van der Waals surface area contributed by atoms with Gasteiger partial charge >= 0.3 is 0 Å². The number of pyridine rings is 1. The van der Waals surface area contributed by atoms with Crippen LogP contribution >= 0.6 is 0 Å². The van der Waals surface area contributed by atoms with E-state index in [1.165, 1.54) is 0 Å². The first-order chi connectivity index (χ1) is 21.6. The topological polar surface area (TPSA) is 59.5 Å². The highest BCUT2D eigenvalue weighted by atomic mass is 16.3. The van der Waals surface area contributed by atoms with Crippen LogP contribution in [0.15, 0.2) is 134 Å². The maximum atomic E-state index is 14.2. The summed E-state index contributed by atoms with van der Waals surface area (Å²) in [6, 6.07) is 37.2. The Bertz CT molecular complexity index is 1860. The molecule has 44 heavy (non-hydrogen) atoms. The van der Waals surface area contributed by atoms with Gasteiger partial charge in [-0.15, -0.1) is 6.58 Å². The van der Waals surface area contributed by atoms with Gasteiger partial charge in [0.15, 0.2) is 5.78 Å². The monoisotopic (exact) mass is 577 g/mol. The van der Waals surface area contributed by atoms with Gasteiger partial charge in [0.2, 0.25) is 0 Å². The first-order valence-electron chi connectivity index (χ1n) is 15.2. The maximum absolute atomic E-state index is 14.2. The molecule has 3 aromatic carbocycles. The SMILES string of the molecule is C=CCc1c2c(n3ccccc13)C(=O)C(C(O)c1ncn(C(c3ccccc3)(c3ccccc3)c3ccccc3)c1C)CC2. The Kier molecular flexibility index (Phi) is 7.11. The molecule has 0 amide bonds. The molecule has 0 aliphatic heterocycles. The zero-order chi connectivity index (χ0) is 30.3. The summed E-state index contributed by atoms with van der Waals surface area (Å²) in [4.78, 5) is 19.1. The number of aliphatic hydroxyl groups excluding tert-OH is 1. The quantitative estimate of drug-likeness (QED) is 0.151. The summed E-state index contributed by atoms with van der Waals surface area (Å²) in [5, 5.41) is 12.0. The Labute approximate surface area is 257 Å². The van der Waals surface area contributed by atoms with Crippen molar-refractivity contribution in [2.75, 3.05) is 0 Å². The van der Waals surface area contributed by atoms with Crippen molar-refractivity contribution in [3.05, 3.63) is 179 Å². The van der Waals surface area contributed by atoms with Crippen LogP contribution in [0.1, 0.15) is 62.2 Å². The number of allylic oxidation sites excluding steroid dienone is 1. The largest absolute Gasteiger partial charge is 0.386 e. The Morgan fingerprint density at radius 3 is 2.05 bits per heavy atom. The minimum atomic E-state index is -1.05. The van der Waals surface area contributed by atoms with Crippen LogP contribution in [0.4, 0.5) is 0 Å². The molecule has 1 N–H and O–H groups in total. The third-order valence-corrected chi connectivity index (χ3v) is 9.33. The van der Waals surface area contributed by atoms with Crippen molar-refractivity contribution in [2.24, 2.45) is 5.92 Å². The number of carbonyl (C=O) groups excluding carboxylic acids is 1. The molecule has 5 heteroatoms. The second-order valence-corrected chi connectivity index (χ2v) is 11.6. The lowest BCUT2D eigenvalue weighted by atomic mass is 9.76. The lowest BCUT2D eigenvalue weighted by molar-refractivity contribution is 0.0617. The third-order valence-electron chi connectivity index (χ3n) is 9.33. The first kappa shape index (κ1) is 27.8. The van der Waals surface area contributed by atoms with E-state index in [0.717, 1.165) is 45.4 Å². The molecule has 0 saturated carbocycles. The van der Waals surface area contributed by atoms with Gasteiger partial charge in [0, 0.05) is 17.4 Å². The van der Waals surface area contributed by atoms with E-state index in [9.17, 15) is 9.90 Å². The van der Waals surface area contributed by atoms with Crippen molar-refractivity contribution < 1.29 is 9.90 Å². The molecule has 3 heterocycles. The summed E-state index contributed by atoms with van der Waals surface area (Å²) >= 11 is 0. The molecule has 7 rings (SSSR count). The molecule has 0 saturated heterocycles. The normalized spacial score (nSPS) is 15.7. The maximum Gasteiger partial charge on any atom is 0.185 e. The summed E-state index contributed by atoms with van der Waals surface area (Å²) in [5.41, 5.74) is 7.76. The molecule has 218 valence electrons. The fourth-order valence-corrected chi connectivity index (χ4v) is 7.34. The van der Waals surface area contributed by atoms with Gasteiger partial charge < -0.3 is 14.1 Å². The minimum absolute atomic E-state index is 0.0374. The summed E-state index contributed by atoms with van der Waals surface area (Å²) in [5.74, 6) is -0.635. The van der Waals surface area contributed by atoms with Gasteiger partial charge in [-0.3, -0.25) is 4.79 Å². The fourth-order valence-electron chi connectivity index (χ4n) is 7.34. The number of nitrogens with zero attached hydrogens (tertiary/aromatic N) is 3. The zero-order valence-electron chi connectivity index (χ0n) is 24.8. The average Bonchev–Trinajstić information content (AvgIpc) is 3.61. The Hall–Kier alpha value is -5.00. The number of aromatic nitrogens is 3. The van der Waals surface area contributed by atoms with E-state index in [1.807, 2.05) is 60.3 Å². The van der Waals surface area contributed by atoms with Crippen LogP contribution in [0.2, 0.25) is 0 Å². The van der Waals surface area contributed by atoms with Gasteiger partial charge in [-0.25, -0.2) is 4.98 Å². The molecule has 2 atom stereocenters. The van der Waals surface area contributed by atoms with Crippen LogP contribution in [0.25, 0.3) is 5.52 Å². The molecule has 6 aromatic rings. The number of aliphatic hydroxyl groups is 1. The molecule has 3 aromatic heterocycles. The predicted octanol–water partition coefficient (Wildman–Crippen LogP) is 7.49. The number of imidazole rings is 1. The summed E-state index contributed by atoms with van der Waals surface area (Å²) < 4.78 is 4.16. The smallest absolute Gasteiger partial charge is 0.185 e. The zero-order valence-corrected chi connectivity index (χ0v) is 24.8. The van der Waals surface area contributed by atoms with Crippen molar-refractivity contribution in [2.45, 2.75) is 37.8 Å². The van der Waals surface area contributed by atoms with Crippen molar-refractivity contribution in [1.82, 2.24) is 14.0 Å². The standard InChI is InChI=1S/C39H35N3O2/c1-3-15-31-32-23-24-33(38(44)36(32)41-25-14-13-22-34(31)41)37(43)35-27(2)42(26-40-35)39(28-16-7-4-8-17-28,29-18-9-5-10-19-29)30-20-11-6-12-21-30/h3-14,16-22,25-26,33,37,43H,1,15,23-24H2,2H3. The predicted molar refractivity (Wildman–Crippen MR) is 174 cm³/mol. The number of rotatable bonds is 8. The lowest BCUT2D eigenvalue weighted by Crippen LogP contribution is -2.38. The van der Waals surface area contributed by atoms with Gasteiger partial charge in [-0.2, -0.15) is 0 Å². The Morgan fingerprint density at radius 1 is 0.909 bits per heavy atom. The molecule has 2 unspecified atom stereocenters. The lowest BCUT2D eigenvalue weighted by Gasteiger charge is -2.38. The van der Waals surface area contributed by atoms with Crippen LogP contribution in [0, 0.1) is 12.8 Å². The number of hydrogen-bond donors (Lipinski definition) is 1. The highest BCUT2D eigenvalue weighted by Crippen LogP contribution is 2.44. The number of fused-ring (bicyclic) bond motifs is 3. The molecular formula is C39H35N3O2. The number of carbonyl (C=O) groups is 1. The van der Waals surface area contributed by atoms with E-state index in [2.05, 4.69) is 90.0 Å². The minimum Gasteiger partial charge on any atom is -0.386 e. The van der Waals surface area contributed by atoms with Crippen molar-refractivity contribution in [1.29, 1.82) is 0 Å². The van der Waals surface area contributed by atoms with Crippen LogP contribution in [0.3, 0.4) is 0 Å². The summed E-state index contributed by atoms with van der Waals surface area (Å²) in [7, 11) is 0. The number of hydrogen-bond acceptors (Lipinski definition) is 3. The summed E-state index contributed by atoms with van der Waals surface area (Å²) in [6.45, 7) is 5.95. The van der Waals surface area contributed by atoms with E-state index in [-0.39, 0.29) is 5.78 Å². The van der Waals surface area contributed by atoms with E-state index >= 15 is 0 Å². The highest BCUT2D eigenvalue weighted by molar-refractivity contribution is 6.01. The van der Waals surface area contributed by atoms with Crippen molar-refractivity contribution >= 4 is 11.3 Å². The Morgan fingerprint density at radius 2 is 1.48 bits per heavy atom. The second kappa shape index (κ2) is 11.3. The van der Waals surface area contributed by atoms with Gasteiger partial charge in [-0.05, 0) is 66.1 Å². The van der Waals surface area contributed by atoms with E-state index < -0.39 is 17.6 Å². The first-order valence-corrected chi connectivity index (χ1v) is 15.2. The number of ketones is 1. The third kappa shape index (κ3) is 4.19. The molecule has 1 aliphatic rings. The second-order valence-electron chi connectivity index (χ2n) is 11.6. The number of Topliss-reactive ketones (excluding diaryl/α,β-unsaturated/α-hetero) is 1. The highest BCUT2D eigenvalue weighted by Gasteiger charge is 2.42. The van der Waals surface area contributed by atoms with Gasteiger partial charge in [0.25, 0.3) is 0 Å². The van der Waals surface area contributed by atoms with E-state index in [1.54, 1.807) is 0 Å². The molecule has 0 radical (unpaired) electrons. The number of benzene rings is 3. The van der Waals surface area contributed by atoms with Crippen LogP contribution in [-0.4, -0.2) is 24.8 Å². The molecule has 5 nitrogen and oxygen atoms in total. The molecule has 0 spiro atoms. The summed E-state index contributed by atoms with van der Waals surface area (Å²) in [6.07, 6.45) is 6.59. The van der Waals surface area contributed by atoms with Crippen molar-refractivity contribution in [3.63, 3.8) is 0 Å².